The minimum atomic E-state index is -3.20. The lowest BCUT2D eigenvalue weighted by Crippen LogP contribution is -2.66. The third-order valence-corrected chi connectivity index (χ3v) is 8.52. The van der Waals surface area contributed by atoms with Crippen molar-refractivity contribution >= 4 is 35.5 Å². The number of carbonyl (C=O) groups is 4. The molecule has 0 aromatic carbocycles. The first-order chi connectivity index (χ1) is 16.1. The predicted molar refractivity (Wildman–Crippen MR) is 119 cm³/mol. The van der Waals surface area contributed by atoms with Gasteiger partial charge in [0.25, 0.3) is 5.91 Å². The molecule has 0 aromatic rings. The summed E-state index contributed by atoms with van der Waals surface area (Å²) in [6, 6.07) is -1.66. The number of carboxylic acid groups (broad SMARTS) is 1. The molecule has 188 valence electrons. The number of carbonyl (C=O) groups excluding carboxylic acids is 3. The van der Waals surface area contributed by atoms with Crippen molar-refractivity contribution in [2.24, 2.45) is 11.8 Å². The molecule has 4 rings (SSSR count). The normalized spacial score (nSPS) is 33.7. The summed E-state index contributed by atoms with van der Waals surface area (Å²) in [4.78, 5) is 50.6. The van der Waals surface area contributed by atoms with E-state index in [1.165, 1.54) is 23.6 Å². The van der Waals surface area contributed by atoms with Crippen molar-refractivity contribution < 1.29 is 33.1 Å². The van der Waals surface area contributed by atoms with Crippen LogP contribution in [-0.2, 0) is 19.2 Å². The Balaban J connectivity index is 1.42. The molecule has 34 heavy (non-hydrogen) atoms. The Kier molecular flexibility index (Phi) is 7.15. The van der Waals surface area contributed by atoms with Gasteiger partial charge >= 0.3 is 12.4 Å². The molecule has 4 aliphatic heterocycles. The van der Waals surface area contributed by atoms with Crippen LogP contribution in [0, 0.1) is 11.8 Å². The first-order valence-corrected chi connectivity index (χ1v) is 12.3. The molecule has 5 N–H and O–H groups in total. The average Bonchev–Trinajstić information content (AvgIpc) is 3.49. The number of thioether (sulfide) groups is 1. The predicted octanol–water partition coefficient (Wildman–Crippen LogP) is -0.529. The maximum Gasteiger partial charge on any atom is 0.353 e. The molecule has 7 atom stereocenters. The van der Waals surface area contributed by atoms with Crippen molar-refractivity contribution in [3.05, 3.63) is 10.6 Å². The van der Waals surface area contributed by atoms with Crippen LogP contribution in [0.25, 0.3) is 0 Å². The zero-order valence-electron chi connectivity index (χ0n) is 18.8. The van der Waals surface area contributed by atoms with Gasteiger partial charge in [0.1, 0.15) is 5.70 Å². The van der Waals surface area contributed by atoms with Gasteiger partial charge < -0.3 is 31.3 Å². The summed E-state index contributed by atoms with van der Waals surface area (Å²) in [5, 5.41) is 21.3. The van der Waals surface area contributed by atoms with Gasteiger partial charge in [-0.3, -0.25) is 14.4 Å². The maximum atomic E-state index is 12.8. The summed E-state index contributed by atoms with van der Waals surface area (Å²) in [7, 11) is 0. The van der Waals surface area contributed by atoms with E-state index in [-0.39, 0.29) is 34.9 Å². The first-order valence-electron chi connectivity index (χ1n) is 11.4. The van der Waals surface area contributed by atoms with E-state index in [4.69, 9.17) is 0 Å². The molecular weight excluding hydrogens is 472 g/mol. The SMILES string of the molecule is CC(NC(=O)C(F)F)[C@H]1C(=O)N2C(C(=O)O)=C(S[C@@H]3CN[C@H](C(=O)N[C@H]4CCNC4)C3)[C@H](C)[C@H]12. The molecule has 13 heteroatoms. The van der Waals surface area contributed by atoms with E-state index < -0.39 is 42.2 Å². The monoisotopic (exact) mass is 501 g/mol. The number of fused-ring (bicyclic) bond motifs is 1. The lowest BCUT2D eigenvalue weighted by atomic mass is 9.78. The number of nitrogens with one attached hydrogen (secondary N) is 4. The summed E-state index contributed by atoms with van der Waals surface area (Å²) < 4.78 is 25.3. The molecule has 0 spiro atoms. The van der Waals surface area contributed by atoms with Crippen LogP contribution in [0.2, 0.25) is 0 Å². The largest absolute Gasteiger partial charge is 0.477 e. The first kappa shape index (κ1) is 24.9. The van der Waals surface area contributed by atoms with Gasteiger partial charge in [0, 0.05) is 41.2 Å². The molecule has 1 unspecified atom stereocenters. The van der Waals surface area contributed by atoms with Gasteiger partial charge in [-0.25, -0.2) is 4.79 Å². The van der Waals surface area contributed by atoms with Gasteiger partial charge in [0.2, 0.25) is 11.8 Å². The van der Waals surface area contributed by atoms with Crippen LogP contribution >= 0.6 is 11.8 Å². The van der Waals surface area contributed by atoms with Gasteiger partial charge in [-0.1, -0.05) is 6.92 Å². The third kappa shape index (κ3) is 4.52. The fraction of sp³-hybridized carbons (Fsp3) is 0.714. The number of hydrogen-bond acceptors (Lipinski definition) is 7. The zero-order valence-corrected chi connectivity index (χ0v) is 19.7. The number of carboxylic acids is 1. The zero-order chi connectivity index (χ0) is 24.7. The molecule has 3 amide bonds. The van der Waals surface area contributed by atoms with Crippen LogP contribution in [0.3, 0.4) is 0 Å². The summed E-state index contributed by atoms with van der Waals surface area (Å²) in [6.07, 6.45) is -1.80. The van der Waals surface area contributed by atoms with Crippen molar-refractivity contribution in [1.29, 1.82) is 0 Å². The Morgan fingerprint density at radius 2 is 2.00 bits per heavy atom. The standard InChI is InChI=1S/C21H29F2N5O5S/c1-8-14-13(9(2)26-19(30)17(22)23)20(31)28(14)15(21(32)33)16(8)34-11-5-12(25-7-11)18(29)27-10-3-4-24-6-10/h8-14,17,24-25H,3-7H2,1-2H3,(H,26,30)(H,27,29)(H,32,33)/t8-,9?,10+,11+,12+,13-,14-/m1/s1. The summed E-state index contributed by atoms with van der Waals surface area (Å²) >= 11 is 1.35. The lowest BCUT2D eigenvalue weighted by Gasteiger charge is -2.47. The molecule has 3 saturated heterocycles. The van der Waals surface area contributed by atoms with Crippen LogP contribution < -0.4 is 21.3 Å². The van der Waals surface area contributed by atoms with E-state index in [0.29, 0.717) is 17.9 Å². The van der Waals surface area contributed by atoms with E-state index >= 15 is 0 Å². The molecule has 4 heterocycles. The number of alkyl halides is 2. The Bertz CT molecular complexity index is 912. The van der Waals surface area contributed by atoms with Gasteiger partial charge in [-0.2, -0.15) is 8.78 Å². The number of halogens is 2. The molecule has 0 bridgehead atoms. The van der Waals surface area contributed by atoms with E-state index in [1.54, 1.807) is 6.92 Å². The second kappa shape index (κ2) is 9.78. The average molecular weight is 502 g/mol. The van der Waals surface area contributed by atoms with Crippen LogP contribution in [0.4, 0.5) is 8.78 Å². The number of nitrogens with zero attached hydrogens (tertiary/aromatic N) is 1. The lowest BCUT2D eigenvalue weighted by molar-refractivity contribution is -0.159. The van der Waals surface area contributed by atoms with Crippen molar-refractivity contribution in [2.45, 2.75) is 62.5 Å². The summed E-state index contributed by atoms with van der Waals surface area (Å²) in [6.45, 7) is 5.40. The highest BCUT2D eigenvalue weighted by Gasteiger charge is 2.60. The highest BCUT2D eigenvalue weighted by atomic mass is 32.2. The van der Waals surface area contributed by atoms with Crippen LogP contribution in [0.5, 0.6) is 0 Å². The second-order valence-corrected chi connectivity index (χ2v) is 10.6. The highest BCUT2D eigenvalue weighted by molar-refractivity contribution is 8.03. The third-order valence-electron chi connectivity index (χ3n) is 7.01. The Labute approximate surface area is 199 Å². The fourth-order valence-corrected chi connectivity index (χ4v) is 6.80. The molecule has 0 saturated carbocycles. The van der Waals surface area contributed by atoms with Gasteiger partial charge in [0.15, 0.2) is 0 Å². The molecule has 4 aliphatic rings. The van der Waals surface area contributed by atoms with Crippen molar-refractivity contribution in [3.8, 4) is 0 Å². The number of rotatable bonds is 8. The maximum absolute atomic E-state index is 12.8. The Hall–Kier alpha value is -2.25. The summed E-state index contributed by atoms with van der Waals surface area (Å²) in [5.41, 5.74) is -0.0962. The van der Waals surface area contributed by atoms with E-state index in [1.807, 2.05) is 0 Å². The van der Waals surface area contributed by atoms with Crippen LogP contribution in [0.15, 0.2) is 10.6 Å². The number of amides is 3. The van der Waals surface area contributed by atoms with E-state index in [2.05, 4.69) is 21.3 Å². The van der Waals surface area contributed by atoms with E-state index in [0.717, 1.165) is 19.5 Å². The number of hydrogen-bond donors (Lipinski definition) is 5. The van der Waals surface area contributed by atoms with Gasteiger partial charge in [-0.15, -0.1) is 11.8 Å². The summed E-state index contributed by atoms with van der Waals surface area (Å²) in [5.74, 6) is -4.40. The number of β-lactam (4-membered cyclic amide) rings is 1. The molecular formula is C21H29F2N5O5S. The molecule has 0 aliphatic carbocycles. The van der Waals surface area contributed by atoms with Crippen molar-refractivity contribution in [1.82, 2.24) is 26.2 Å². The van der Waals surface area contributed by atoms with Crippen LogP contribution in [-0.4, -0.2) is 89.2 Å². The second-order valence-electron chi connectivity index (χ2n) is 9.26. The molecule has 0 radical (unpaired) electrons. The topological polar surface area (TPSA) is 140 Å². The fourth-order valence-electron chi connectivity index (χ4n) is 5.33. The molecule has 3 fully saturated rings. The smallest absolute Gasteiger partial charge is 0.353 e. The quantitative estimate of drug-likeness (QED) is 0.280. The van der Waals surface area contributed by atoms with E-state index in [9.17, 15) is 33.1 Å². The molecule has 10 nitrogen and oxygen atoms in total. The highest BCUT2D eigenvalue weighted by Crippen LogP contribution is 2.51. The minimum absolute atomic E-state index is 0.0625. The van der Waals surface area contributed by atoms with Gasteiger partial charge in [0.05, 0.1) is 18.0 Å². The van der Waals surface area contributed by atoms with Crippen LogP contribution in [0.1, 0.15) is 26.7 Å². The van der Waals surface area contributed by atoms with Gasteiger partial charge in [-0.05, 0) is 26.3 Å². The van der Waals surface area contributed by atoms with Crippen molar-refractivity contribution in [2.75, 3.05) is 19.6 Å². The number of aliphatic carboxylic acids is 1. The Morgan fingerprint density at radius 3 is 2.62 bits per heavy atom. The minimum Gasteiger partial charge on any atom is -0.477 e. The molecule has 0 aromatic heterocycles. The van der Waals surface area contributed by atoms with Crippen molar-refractivity contribution in [3.63, 3.8) is 0 Å². The Morgan fingerprint density at radius 1 is 1.26 bits per heavy atom.